The van der Waals surface area contributed by atoms with Crippen LogP contribution in [-0.4, -0.2) is 26.9 Å². The quantitative estimate of drug-likeness (QED) is 0.582. The fourth-order valence-corrected chi connectivity index (χ4v) is 1.33. The predicted octanol–water partition coefficient (Wildman–Crippen LogP) is 1.56. The lowest BCUT2D eigenvalue weighted by atomic mass is 9.91. The molecule has 0 unspecified atom stereocenters. The smallest absolute Gasteiger partial charge is 0.382 e. The first kappa shape index (κ1) is 10.7. The zero-order valence-electron chi connectivity index (χ0n) is 7.97. The number of hydrogen-bond donors (Lipinski definition) is 0. The van der Waals surface area contributed by atoms with Crippen LogP contribution in [0.5, 0.6) is 5.88 Å². The second kappa shape index (κ2) is 3.62. The van der Waals surface area contributed by atoms with E-state index in [1.165, 1.54) is 0 Å². The van der Waals surface area contributed by atoms with Crippen LogP contribution in [-0.2, 0) is 0 Å². The summed E-state index contributed by atoms with van der Waals surface area (Å²) in [6.45, 7) is 0. The van der Waals surface area contributed by atoms with Gasteiger partial charge in [0.15, 0.2) is 0 Å². The summed E-state index contributed by atoms with van der Waals surface area (Å²) in [6.07, 6.45) is 0.670. The van der Waals surface area contributed by atoms with E-state index in [0.717, 1.165) is 12.4 Å². The lowest BCUT2D eigenvalue weighted by Crippen LogP contribution is -2.43. The molecule has 0 N–H and O–H groups in total. The molecule has 0 saturated heterocycles. The van der Waals surface area contributed by atoms with Crippen LogP contribution in [0.2, 0.25) is 0 Å². The zero-order valence-corrected chi connectivity index (χ0v) is 7.97. The lowest BCUT2D eigenvalue weighted by molar-refractivity contribution is -0.389. The molecule has 1 aliphatic rings. The molecule has 0 aliphatic heterocycles. The number of halogens is 2. The Labute approximate surface area is 88.4 Å². The van der Waals surface area contributed by atoms with Gasteiger partial charge < -0.3 is 14.9 Å². The number of rotatable bonds is 3. The molecule has 0 atom stereocenters. The number of ether oxygens (including phenoxy) is 1. The second-order valence-electron chi connectivity index (χ2n) is 3.47. The third kappa shape index (κ3) is 2.20. The normalized spacial score (nSPS) is 18.9. The number of nitro groups is 1. The Hall–Kier alpha value is -1.86. The first-order chi connectivity index (χ1) is 7.46. The molecule has 2 rings (SSSR count). The molecule has 86 valence electrons. The van der Waals surface area contributed by atoms with E-state index >= 15 is 0 Å². The highest BCUT2D eigenvalue weighted by atomic mass is 19.3. The van der Waals surface area contributed by atoms with E-state index in [1.807, 2.05) is 0 Å². The van der Waals surface area contributed by atoms with E-state index in [1.54, 1.807) is 0 Å². The van der Waals surface area contributed by atoms with Crippen molar-refractivity contribution < 1.29 is 18.4 Å². The minimum atomic E-state index is -2.67. The Morgan fingerprint density at radius 3 is 2.56 bits per heavy atom. The summed E-state index contributed by atoms with van der Waals surface area (Å²) in [6, 6.07) is 0. The minimum absolute atomic E-state index is 0.0195. The number of hydrogen-bond acceptors (Lipinski definition) is 5. The maximum Gasteiger partial charge on any atom is 0.382 e. The predicted molar refractivity (Wildman–Crippen MR) is 47.3 cm³/mol. The van der Waals surface area contributed by atoms with Crippen LogP contribution in [0.25, 0.3) is 0 Å². The molecular formula is C8H7F2N3O3. The highest BCUT2D eigenvalue weighted by Crippen LogP contribution is 2.39. The van der Waals surface area contributed by atoms with Gasteiger partial charge in [0.25, 0.3) is 11.8 Å². The van der Waals surface area contributed by atoms with Crippen LogP contribution in [0.15, 0.2) is 12.4 Å². The second-order valence-corrected chi connectivity index (χ2v) is 3.47. The molecule has 1 fully saturated rings. The minimum Gasteiger partial charge on any atom is -0.471 e. The first-order valence-corrected chi connectivity index (χ1v) is 4.47. The number of nitrogens with zero attached hydrogens (tertiary/aromatic N) is 3. The molecule has 0 bridgehead atoms. The maximum absolute atomic E-state index is 12.5. The molecule has 1 aromatic heterocycles. The molecule has 0 aromatic carbocycles. The van der Waals surface area contributed by atoms with Gasteiger partial charge in [0, 0.05) is 12.8 Å². The monoisotopic (exact) mass is 231 g/mol. The van der Waals surface area contributed by atoms with E-state index in [-0.39, 0.29) is 18.7 Å². The van der Waals surface area contributed by atoms with Crippen molar-refractivity contribution in [2.24, 2.45) is 0 Å². The van der Waals surface area contributed by atoms with Crippen molar-refractivity contribution in [3.63, 3.8) is 0 Å². The van der Waals surface area contributed by atoms with Crippen LogP contribution in [0.4, 0.5) is 14.6 Å². The molecular weight excluding hydrogens is 224 g/mol. The van der Waals surface area contributed by atoms with Gasteiger partial charge in [0.1, 0.15) is 12.3 Å². The van der Waals surface area contributed by atoms with Crippen LogP contribution in [0.3, 0.4) is 0 Å². The number of aromatic nitrogens is 2. The van der Waals surface area contributed by atoms with Gasteiger partial charge in [0.05, 0.1) is 0 Å². The molecule has 0 spiro atoms. The molecule has 1 aliphatic carbocycles. The molecule has 1 aromatic rings. The van der Waals surface area contributed by atoms with Crippen molar-refractivity contribution in [1.82, 2.24) is 9.97 Å². The maximum atomic E-state index is 12.5. The van der Waals surface area contributed by atoms with Crippen LogP contribution < -0.4 is 4.74 Å². The molecule has 0 radical (unpaired) electrons. The van der Waals surface area contributed by atoms with E-state index in [0.29, 0.717) is 0 Å². The molecule has 8 heteroatoms. The fraction of sp³-hybridized carbons (Fsp3) is 0.500. The fourth-order valence-electron chi connectivity index (χ4n) is 1.33. The van der Waals surface area contributed by atoms with Crippen molar-refractivity contribution in [2.75, 3.05) is 0 Å². The standard InChI is InChI=1S/C8H7F2N3O3/c9-8(10)1-5(2-8)16-7-4-11-6(3-12-7)13(14)15/h3-5H,1-2H2. The van der Waals surface area contributed by atoms with Crippen LogP contribution in [0, 0.1) is 10.1 Å². The Balaban J connectivity index is 1.94. The lowest BCUT2D eigenvalue weighted by Gasteiger charge is -2.33. The summed E-state index contributed by atoms with van der Waals surface area (Å²) in [7, 11) is 0. The highest BCUT2D eigenvalue weighted by molar-refractivity contribution is 5.17. The number of alkyl halides is 2. The zero-order chi connectivity index (χ0) is 11.8. The molecule has 0 amide bonds. The van der Waals surface area contributed by atoms with Gasteiger partial charge >= 0.3 is 5.82 Å². The third-order valence-electron chi connectivity index (χ3n) is 2.14. The van der Waals surface area contributed by atoms with Crippen LogP contribution in [0.1, 0.15) is 12.8 Å². The van der Waals surface area contributed by atoms with Gasteiger partial charge in [-0.05, 0) is 9.91 Å². The Morgan fingerprint density at radius 1 is 1.44 bits per heavy atom. The average Bonchev–Trinajstić information content (AvgIpc) is 2.15. The largest absolute Gasteiger partial charge is 0.471 e. The summed E-state index contributed by atoms with van der Waals surface area (Å²) in [5, 5.41) is 10.2. The van der Waals surface area contributed by atoms with Crippen molar-refractivity contribution >= 4 is 5.82 Å². The molecule has 6 nitrogen and oxygen atoms in total. The molecule has 1 heterocycles. The van der Waals surface area contributed by atoms with E-state index in [9.17, 15) is 18.9 Å². The topological polar surface area (TPSA) is 78.2 Å². The molecule has 16 heavy (non-hydrogen) atoms. The van der Waals surface area contributed by atoms with Crippen molar-refractivity contribution in [2.45, 2.75) is 24.9 Å². The summed E-state index contributed by atoms with van der Waals surface area (Å²) < 4.78 is 30.0. The van der Waals surface area contributed by atoms with Gasteiger partial charge in [-0.1, -0.05) is 0 Å². The van der Waals surface area contributed by atoms with Gasteiger partial charge in [-0.15, -0.1) is 0 Å². The van der Waals surface area contributed by atoms with Gasteiger partial charge in [-0.25, -0.2) is 13.8 Å². The summed E-state index contributed by atoms with van der Waals surface area (Å²) in [4.78, 5) is 16.6. The van der Waals surface area contributed by atoms with E-state index in [4.69, 9.17) is 4.74 Å². The Bertz CT molecular complexity index is 401. The van der Waals surface area contributed by atoms with Gasteiger partial charge in [-0.3, -0.25) is 0 Å². The average molecular weight is 231 g/mol. The first-order valence-electron chi connectivity index (χ1n) is 4.47. The molecule has 1 saturated carbocycles. The summed E-state index contributed by atoms with van der Waals surface area (Å²) in [5.41, 5.74) is 0. The van der Waals surface area contributed by atoms with Crippen molar-refractivity contribution in [1.29, 1.82) is 0 Å². The van der Waals surface area contributed by atoms with E-state index in [2.05, 4.69) is 9.97 Å². The summed E-state index contributed by atoms with van der Waals surface area (Å²) >= 11 is 0. The van der Waals surface area contributed by atoms with Crippen LogP contribution >= 0.6 is 0 Å². The van der Waals surface area contributed by atoms with Crippen molar-refractivity contribution in [3.05, 3.63) is 22.5 Å². The Morgan fingerprint density at radius 2 is 2.12 bits per heavy atom. The van der Waals surface area contributed by atoms with Crippen molar-refractivity contribution in [3.8, 4) is 5.88 Å². The SMILES string of the molecule is O=[N+]([O-])c1cnc(OC2CC(F)(F)C2)cn1. The Kier molecular flexibility index (Phi) is 2.41. The summed E-state index contributed by atoms with van der Waals surface area (Å²) in [5.74, 6) is -3.06. The third-order valence-corrected chi connectivity index (χ3v) is 2.14. The van der Waals surface area contributed by atoms with Gasteiger partial charge in [-0.2, -0.15) is 0 Å². The van der Waals surface area contributed by atoms with Gasteiger partial charge in [0.2, 0.25) is 6.20 Å². The highest BCUT2D eigenvalue weighted by Gasteiger charge is 2.47. The van der Waals surface area contributed by atoms with E-state index < -0.39 is 22.8 Å².